The molecule has 0 heterocycles. The molecule has 78 valence electrons. The lowest BCUT2D eigenvalue weighted by Crippen LogP contribution is -2.11. The van der Waals surface area contributed by atoms with Gasteiger partial charge in [-0.3, -0.25) is 4.72 Å². The van der Waals surface area contributed by atoms with E-state index in [0.717, 1.165) is 11.8 Å². The molecule has 0 amide bonds. The zero-order chi connectivity index (χ0) is 10.8. The van der Waals surface area contributed by atoms with Gasteiger partial charge in [-0.15, -0.1) is 0 Å². The van der Waals surface area contributed by atoms with Crippen molar-refractivity contribution in [2.24, 2.45) is 0 Å². The summed E-state index contributed by atoms with van der Waals surface area (Å²) in [6.07, 6.45) is 1.16. The lowest BCUT2D eigenvalue weighted by Gasteiger charge is -2.12. The summed E-state index contributed by atoms with van der Waals surface area (Å²) in [6.45, 7) is 4.06. The second-order valence-electron chi connectivity index (χ2n) is 3.62. The van der Waals surface area contributed by atoms with Gasteiger partial charge in [0.1, 0.15) is 0 Å². The maximum absolute atomic E-state index is 11.1. The Morgan fingerprint density at radius 3 is 2.29 bits per heavy atom. The standard InChI is InChI=1S/C10H15NO2S/c1-8(2)9-6-4-5-7-10(9)11-14(3,12)13/h4-8,11H,1-3H3. The normalized spacial score (nSPS) is 11.7. The van der Waals surface area contributed by atoms with E-state index in [0.29, 0.717) is 11.6 Å². The first-order chi connectivity index (χ1) is 6.40. The largest absolute Gasteiger partial charge is 0.283 e. The summed E-state index contributed by atoms with van der Waals surface area (Å²) in [4.78, 5) is 0. The van der Waals surface area contributed by atoms with Gasteiger partial charge in [-0.1, -0.05) is 32.0 Å². The summed E-state index contributed by atoms with van der Waals surface area (Å²) in [7, 11) is -3.18. The topological polar surface area (TPSA) is 46.2 Å². The van der Waals surface area contributed by atoms with Crippen molar-refractivity contribution in [3.63, 3.8) is 0 Å². The summed E-state index contributed by atoms with van der Waals surface area (Å²) in [6, 6.07) is 7.43. The molecule has 0 aromatic heterocycles. The van der Waals surface area contributed by atoms with Crippen LogP contribution in [0.2, 0.25) is 0 Å². The van der Waals surface area contributed by atoms with Crippen LogP contribution in [0.5, 0.6) is 0 Å². The molecule has 0 aliphatic rings. The van der Waals surface area contributed by atoms with Crippen LogP contribution in [0.25, 0.3) is 0 Å². The molecule has 0 unspecified atom stereocenters. The van der Waals surface area contributed by atoms with Crippen molar-refractivity contribution in [1.29, 1.82) is 0 Å². The summed E-state index contributed by atoms with van der Waals surface area (Å²) in [5.74, 6) is 0.306. The summed E-state index contributed by atoms with van der Waals surface area (Å²) in [5, 5.41) is 0. The number of anilines is 1. The Morgan fingerprint density at radius 2 is 1.79 bits per heavy atom. The van der Waals surface area contributed by atoms with Gasteiger partial charge in [-0.2, -0.15) is 0 Å². The Bertz CT molecular complexity index is 410. The van der Waals surface area contributed by atoms with E-state index < -0.39 is 10.0 Å². The number of hydrogen-bond donors (Lipinski definition) is 1. The Hall–Kier alpha value is -1.03. The third-order valence-corrected chi connectivity index (χ3v) is 2.47. The van der Waals surface area contributed by atoms with Gasteiger partial charge in [0.2, 0.25) is 10.0 Å². The third kappa shape index (κ3) is 3.03. The monoisotopic (exact) mass is 213 g/mol. The van der Waals surface area contributed by atoms with E-state index in [2.05, 4.69) is 4.72 Å². The Morgan fingerprint density at radius 1 is 1.21 bits per heavy atom. The van der Waals surface area contributed by atoms with Gasteiger partial charge in [-0.05, 0) is 17.5 Å². The molecule has 4 heteroatoms. The van der Waals surface area contributed by atoms with E-state index in [1.54, 1.807) is 6.07 Å². The predicted octanol–water partition coefficient (Wildman–Crippen LogP) is 2.18. The van der Waals surface area contributed by atoms with Crippen LogP contribution in [-0.4, -0.2) is 14.7 Å². The molecule has 0 atom stereocenters. The van der Waals surface area contributed by atoms with E-state index in [1.807, 2.05) is 32.0 Å². The number of para-hydroxylation sites is 1. The molecule has 0 aliphatic heterocycles. The Labute approximate surface area is 85.2 Å². The zero-order valence-corrected chi connectivity index (χ0v) is 9.43. The molecule has 14 heavy (non-hydrogen) atoms. The van der Waals surface area contributed by atoms with Crippen molar-refractivity contribution >= 4 is 15.7 Å². The Kier molecular flexibility index (Phi) is 3.16. The van der Waals surface area contributed by atoms with Crippen molar-refractivity contribution in [1.82, 2.24) is 0 Å². The van der Waals surface area contributed by atoms with Crippen LogP contribution in [-0.2, 0) is 10.0 Å². The van der Waals surface area contributed by atoms with Crippen LogP contribution >= 0.6 is 0 Å². The molecule has 0 saturated heterocycles. The molecule has 0 radical (unpaired) electrons. The first kappa shape index (κ1) is 11.0. The molecule has 1 aromatic rings. The third-order valence-electron chi connectivity index (χ3n) is 1.88. The van der Waals surface area contributed by atoms with Gasteiger partial charge < -0.3 is 0 Å². The van der Waals surface area contributed by atoms with Crippen molar-refractivity contribution in [3.05, 3.63) is 29.8 Å². The molecule has 0 spiro atoms. The van der Waals surface area contributed by atoms with Crippen LogP contribution in [0, 0.1) is 0 Å². The van der Waals surface area contributed by atoms with Crippen molar-refractivity contribution in [2.75, 3.05) is 11.0 Å². The number of nitrogens with one attached hydrogen (secondary N) is 1. The van der Waals surface area contributed by atoms with Crippen LogP contribution in [0.3, 0.4) is 0 Å². The Balaban J connectivity index is 3.08. The molecule has 1 N–H and O–H groups in total. The lowest BCUT2D eigenvalue weighted by atomic mass is 10.0. The zero-order valence-electron chi connectivity index (χ0n) is 8.61. The molecule has 0 bridgehead atoms. The summed E-state index contributed by atoms with van der Waals surface area (Å²) >= 11 is 0. The highest BCUT2D eigenvalue weighted by molar-refractivity contribution is 7.92. The fraction of sp³-hybridized carbons (Fsp3) is 0.400. The quantitative estimate of drug-likeness (QED) is 0.836. The maximum Gasteiger partial charge on any atom is 0.229 e. The van der Waals surface area contributed by atoms with E-state index in [9.17, 15) is 8.42 Å². The van der Waals surface area contributed by atoms with E-state index in [4.69, 9.17) is 0 Å². The molecule has 0 aliphatic carbocycles. The van der Waals surface area contributed by atoms with E-state index >= 15 is 0 Å². The van der Waals surface area contributed by atoms with Gasteiger partial charge in [0.25, 0.3) is 0 Å². The highest BCUT2D eigenvalue weighted by atomic mass is 32.2. The average molecular weight is 213 g/mol. The molecule has 0 saturated carbocycles. The SMILES string of the molecule is CC(C)c1ccccc1NS(C)(=O)=O. The van der Waals surface area contributed by atoms with Gasteiger partial charge in [0.05, 0.1) is 11.9 Å². The second-order valence-corrected chi connectivity index (χ2v) is 5.36. The fourth-order valence-electron chi connectivity index (χ4n) is 1.29. The van der Waals surface area contributed by atoms with Crippen molar-refractivity contribution in [2.45, 2.75) is 19.8 Å². The van der Waals surface area contributed by atoms with E-state index in [-0.39, 0.29) is 0 Å². The number of rotatable bonds is 3. The number of hydrogen-bond acceptors (Lipinski definition) is 2. The molecular weight excluding hydrogens is 198 g/mol. The minimum Gasteiger partial charge on any atom is -0.283 e. The number of benzene rings is 1. The fourth-order valence-corrected chi connectivity index (χ4v) is 1.88. The first-order valence-corrected chi connectivity index (χ1v) is 6.36. The highest BCUT2D eigenvalue weighted by Gasteiger charge is 2.08. The molecule has 1 aromatic carbocycles. The van der Waals surface area contributed by atoms with Gasteiger partial charge in [-0.25, -0.2) is 8.42 Å². The molecule has 0 fully saturated rings. The second kappa shape index (κ2) is 4.00. The van der Waals surface area contributed by atoms with Gasteiger partial charge in [0, 0.05) is 0 Å². The molecule has 3 nitrogen and oxygen atoms in total. The predicted molar refractivity (Wildman–Crippen MR) is 59.0 cm³/mol. The maximum atomic E-state index is 11.1. The average Bonchev–Trinajstić information content (AvgIpc) is 2.01. The summed E-state index contributed by atoms with van der Waals surface area (Å²) < 4.78 is 24.6. The van der Waals surface area contributed by atoms with Crippen molar-refractivity contribution < 1.29 is 8.42 Å². The van der Waals surface area contributed by atoms with Crippen molar-refractivity contribution in [3.8, 4) is 0 Å². The van der Waals surface area contributed by atoms with Crippen LogP contribution in [0.15, 0.2) is 24.3 Å². The lowest BCUT2D eigenvalue weighted by molar-refractivity contribution is 0.606. The molecular formula is C10H15NO2S. The minimum atomic E-state index is -3.18. The highest BCUT2D eigenvalue weighted by Crippen LogP contribution is 2.24. The van der Waals surface area contributed by atoms with Gasteiger partial charge >= 0.3 is 0 Å². The van der Waals surface area contributed by atoms with Gasteiger partial charge in [0.15, 0.2) is 0 Å². The molecule has 1 rings (SSSR count). The smallest absolute Gasteiger partial charge is 0.229 e. The summed E-state index contributed by atoms with van der Waals surface area (Å²) in [5.41, 5.74) is 1.68. The first-order valence-electron chi connectivity index (χ1n) is 4.47. The number of sulfonamides is 1. The van der Waals surface area contributed by atoms with E-state index in [1.165, 1.54) is 0 Å². The van der Waals surface area contributed by atoms with Crippen LogP contribution < -0.4 is 4.72 Å². The minimum absolute atomic E-state index is 0.306. The van der Waals surface area contributed by atoms with Crippen LogP contribution in [0.4, 0.5) is 5.69 Å². The van der Waals surface area contributed by atoms with Crippen LogP contribution in [0.1, 0.15) is 25.3 Å².